The van der Waals surface area contributed by atoms with Crippen LogP contribution in [0.25, 0.3) is 0 Å². The molecule has 0 amide bonds. The predicted molar refractivity (Wildman–Crippen MR) is 93.8 cm³/mol. The van der Waals surface area contributed by atoms with Crippen LogP contribution in [0.2, 0.25) is 0 Å². The minimum atomic E-state index is -1.19. The van der Waals surface area contributed by atoms with Crippen LogP contribution in [0.1, 0.15) is 33.9 Å². The lowest BCUT2D eigenvalue weighted by atomic mass is 9.97. The fraction of sp³-hybridized carbons (Fsp3) is 0.526. The quantitative estimate of drug-likeness (QED) is 0.237. The van der Waals surface area contributed by atoms with Gasteiger partial charge in [-0.2, -0.15) is 4.57 Å². The minimum absolute atomic E-state index is 0. The van der Waals surface area contributed by atoms with Crippen LogP contribution in [0, 0.1) is 0 Å². The van der Waals surface area contributed by atoms with E-state index in [1.54, 1.807) is 35.2 Å². The maximum Gasteiger partial charge on any atom is 0.304 e. The van der Waals surface area contributed by atoms with E-state index in [-0.39, 0.29) is 23.6 Å². The molecular formula is C19H24BrNO9. The van der Waals surface area contributed by atoms with Gasteiger partial charge in [0.25, 0.3) is 0 Å². The zero-order valence-electron chi connectivity index (χ0n) is 17.0. The molecule has 1 aliphatic heterocycles. The smallest absolute Gasteiger partial charge is 0.304 e. The molecule has 0 bridgehead atoms. The van der Waals surface area contributed by atoms with E-state index >= 15 is 0 Å². The zero-order chi connectivity index (χ0) is 21.6. The summed E-state index contributed by atoms with van der Waals surface area (Å²) in [6.45, 7) is 4.51. The lowest BCUT2D eigenvalue weighted by Crippen LogP contribution is -3.00. The highest BCUT2D eigenvalue weighted by Crippen LogP contribution is 2.32. The summed E-state index contributed by atoms with van der Waals surface area (Å²) in [5.74, 6) is -2.55. The van der Waals surface area contributed by atoms with Gasteiger partial charge in [-0.05, 0) is 0 Å². The molecule has 1 fully saturated rings. The molecule has 1 aromatic heterocycles. The van der Waals surface area contributed by atoms with Crippen molar-refractivity contribution in [2.75, 3.05) is 6.61 Å². The van der Waals surface area contributed by atoms with Gasteiger partial charge in [0.2, 0.25) is 6.10 Å². The van der Waals surface area contributed by atoms with Crippen LogP contribution in [0.3, 0.4) is 0 Å². The molecule has 0 aliphatic carbocycles. The number of ether oxygens (including phenoxy) is 5. The third-order valence-electron chi connectivity index (χ3n) is 4.00. The third kappa shape index (κ3) is 7.06. The third-order valence-corrected chi connectivity index (χ3v) is 4.00. The number of esters is 4. The lowest BCUT2D eigenvalue weighted by Gasteiger charge is -2.41. The Labute approximate surface area is 184 Å². The second-order valence-electron chi connectivity index (χ2n) is 6.41. The Kier molecular flexibility index (Phi) is 9.86. The average molecular weight is 490 g/mol. The number of hydrogen-bond acceptors (Lipinski definition) is 9. The first kappa shape index (κ1) is 25.5. The van der Waals surface area contributed by atoms with Crippen molar-refractivity contribution in [3.63, 3.8) is 0 Å². The van der Waals surface area contributed by atoms with E-state index in [0.29, 0.717) is 0 Å². The number of aromatic nitrogens is 1. The summed E-state index contributed by atoms with van der Waals surface area (Å²) in [6.07, 6.45) is -2.05. The van der Waals surface area contributed by atoms with Crippen LogP contribution in [-0.2, 0) is 42.9 Å². The summed E-state index contributed by atoms with van der Waals surface area (Å²) in [6, 6.07) is 5.24. The standard InChI is InChI=1S/C19H24NO9.BrH/c1-11(21)25-10-15-16(26-12(2)22)17(27-13(3)23)18(28-14(4)24)19(29-15)20-8-6-5-7-9-20;/h5-9,15-19H,10H2,1-4H3;1H/q+1;/p-1/t15-,16-,17+,18-,19+;/m1./s1. The predicted octanol–water partition coefficient (Wildman–Crippen LogP) is -2.77. The molecule has 10 nitrogen and oxygen atoms in total. The minimum Gasteiger partial charge on any atom is -1.00 e. The van der Waals surface area contributed by atoms with Gasteiger partial charge < -0.3 is 40.7 Å². The number of halogens is 1. The normalized spacial score (nSPS) is 25.3. The molecule has 2 heterocycles. The summed E-state index contributed by atoms with van der Waals surface area (Å²) >= 11 is 0. The summed E-state index contributed by atoms with van der Waals surface area (Å²) in [5, 5.41) is 0. The molecule has 30 heavy (non-hydrogen) atoms. The van der Waals surface area contributed by atoms with Gasteiger partial charge in [-0.15, -0.1) is 0 Å². The van der Waals surface area contributed by atoms with Gasteiger partial charge in [0.05, 0.1) is 0 Å². The highest BCUT2D eigenvalue weighted by Gasteiger charge is 2.55. The van der Waals surface area contributed by atoms with Gasteiger partial charge in [0, 0.05) is 39.8 Å². The van der Waals surface area contributed by atoms with Crippen LogP contribution in [0.4, 0.5) is 0 Å². The van der Waals surface area contributed by atoms with Crippen LogP contribution in [-0.4, -0.2) is 54.9 Å². The Bertz CT molecular complexity index is 758. The molecule has 1 aromatic rings. The van der Waals surface area contributed by atoms with Gasteiger partial charge in [-0.1, -0.05) is 6.07 Å². The summed E-state index contributed by atoms with van der Waals surface area (Å²) in [4.78, 5) is 46.5. The maximum atomic E-state index is 11.8. The van der Waals surface area contributed by atoms with Crippen molar-refractivity contribution in [3.8, 4) is 0 Å². The number of nitrogens with zero attached hydrogens (tertiary/aromatic N) is 1. The topological polar surface area (TPSA) is 118 Å². The van der Waals surface area contributed by atoms with Crippen molar-refractivity contribution >= 4 is 23.9 Å². The van der Waals surface area contributed by atoms with Gasteiger partial charge in [0.1, 0.15) is 12.7 Å². The molecule has 1 saturated heterocycles. The van der Waals surface area contributed by atoms with Crippen molar-refractivity contribution < 1.29 is 64.4 Å². The van der Waals surface area contributed by atoms with Crippen LogP contribution in [0.15, 0.2) is 30.6 Å². The van der Waals surface area contributed by atoms with Crippen molar-refractivity contribution in [2.45, 2.75) is 58.3 Å². The van der Waals surface area contributed by atoms with E-state index in [9.17, 15) is 19.2 Å². The largest absolute Gasteiger partial charge is 1.00 e. The average Bonchev–Trinajstić information content (AvgIpc) is 2.63. The van der Waals surface area contributed by atoms with Crippen LogP contribution < -0.4 is 21.5 Å². The van der Waals surface area contributed by atoms with E-state index in [1.165, 1.54) is 27.7 Å². The maximum absolute atomic E-state index is 11.8. The number of carbonyl (C=O) groups excluding carboxylic acids is 4. The first-order chi connectivity index (χ1) is 13.7. The van der Waals surface area contributed by atoms with Gasteiger partial charge in [0.15, 0.2) is 24.6 Å². The Morgan fingerprint density at radius 2 is 1.27 bits per heavy atom. The molecule has 0 spiro atoms. The molecule has 0 saturated carbocycles. The van der Waals surface area contributed by atoms with E-state index in [0.717, 1.165) is 0 Å². The molecule has 5 atom stereocenters. The second-order valence-corrected chi connectivity index (χ2v) is 6.41. The number of hydrogen-bond donors (Lipinski definition) is 0. The molecule has 2 rings (SSSR count). The Morgan fingerprint density at radius 3 is 1.77 bits per heavy atom. The van der Waals surface area contributed by atoms with Crippen LogP contribution >= 0.6 is 0 Å². The first-order valence-corrected chi connectivity index (χ1v) is 8.95. The first-order valence-electron chi connectivity index (χ1n) is 8.95. The molecule has 166 valence electrons. The molecule has 1 aliphatic rings. The number of carbonyl (C=O) groups is 4. The second kappa shape index (κ2) is 11.6. The van der Waals surface area contributed by atoms with Crippen LogP contribution in [0.5, 0.6) is 0 Å². The van der Waals surface area contributed by atoms with Gasteiger partial charge >= 0.3 is 30.1 Å². The van der Waals surface area contributed by atoms with E-state index in [4.69, 9.17) is 23.7 Å². The number of pyridine rings is 1. The fourth-order valence-electron chi connectivity index (χ4n) is 3.03. The van der Waals surface area contributed by atoms with Crippen molar-refractivity contribution in [2.24, 2.45) is 0 Å². The molecule has 0 N–H and O–H groups in total. The summed E-state index contributed by atoms with van der Waals surface area (Å²) < 4.78 is 28.7. The molecule has 11 heteroatoms. The monoisotopic (exact) mass is 489 g/mol. The van der Waals surface area contributed by atoms with Gasteiger partial charge in [-0.25, -0.2) is 0 Å². The molecule has 0 radical (unpaired) electrons. The zero-order valence-corrected chi connectivity index (χ0v) is 18.6. The van der Waals surface area contributed by atoms with Gasteiger partial charge in [-0.3, -0.25) is 19.2 Å². The fourth-order valence-corrected chi connectivity index (χ4v) is 3.03. The highest BCUT2D eigenvalue weighted by molar-refractivity contribution is 5.68. The Morgan fingerprint density at radius 1 is 0.767 bits per heavy atom. The van der Waals surface area contributed by atoms with Crippen molar-refractivity contribution in [1.29, 1.82) is 0 Å². The van der Waals surface area contributed by atoms with E-state index in [2.05, 4.69) is 0 Å². The van der Waals surface area contributed by atoms with E-state index in [1.807, 2.05) is 0 Å². The highest BCUT2D eigenvalue weighted by atomic mass is 79.9. The molecule has 0 unspecified atom stereocenters. The summed E-state index contributed by atoms with van der Waals surface area (Å²) in [5.41, 5.74) is 0. The Hall–Kier alpha value is -2.53. The Balaban J connectivity index is 0.00000450. The molecular weight excluding hydrogens is 466 g/mol. The van der Waals surface area contributed by atoms with Crippen molar-refractivity contribution in [3.05, 3.63) is 30.6 Å². The number of rotatable bonds is 6. The van der Waals surface area contributed by atoms with E-state index < -0.39 is 54.5 Å². The summed E-state index contributed by atoms with van der Waals surface area (Å²) in [7, 11) is 0. The molecule has 0 aromatic carbocycles. The lowest BCUT2D eigenvalue weighted by molar-refractivity contribution is -0.777. The SMILES string of the molecule is CC(=O)OC[C@H]1O[C@H]([n+]2ccccc2)[C@H](OC(C)=O)[C@@H](OC(C)=O)[C@@H]1OC(C)=O.[Br-]. The van der Waals surface area contributed by atoms with Crippen molar-refractivity contribution in [1.82, 2.24) is 0 Å².